The molecule has 0 aromatic heterocycles. The highest BCUT2D eigenvalue weighted by Gasteiger charge is 2.17. The van der Waals surface area contributed by atoms with E-state index < -0.39 is 0 Å². The first-order chi connectivity index (χ1) is 10.6. The SMILES string of the molecule is CC(C)(C)c1ccccc1-c1ccc(-c2ccccc2)cc1. The second-order valence-electron chi connectivity index (χ2n) is 6.74. The molecular weight excluding hydrogens is 264 g/mol. The average Bonchev–Trinajstić information content (AvgIpc) is 2.55. The zero-order valence-electron chi connectivity index (χ0n) is 13.5. The van der Waals surface area contributed by atoms with E-state index in [1.807, 2.05) is 0 Å². The minimum absolute atomic E-state index is 0.148. The monoisotopic (exact) mass is 286 g/mol. The van der Waals surface area contributed by atoms with Crippen LogP contribution in [0.5, 0.6) is 0 Å². The summed E-state index contributed by atoms with van der Waals surface area (Å²) >= 11 is 0. The van der Waals surface area contributed by atoms with Crippen molar-refractivity contribution in [2.75, 3.05) is 0 Å². The Morgan fingerprint density at radius 3 is 1.64 bits per heavy atom. The standard InChI is InChI=1S/C22H22/c1-22(2,3)21-12-8-7-11-20(21)19-15-13-18(14-16-19)17-9-5-4-6-10-17/h4-16H,1-3H3. The van der Waals surface area contributed by atoms with Crippen LogP contribution < -0.4 is 0 Å². The maximum absolute atomic E-state index is 2.27. The first-order valence-electron chi connectivity index (χ1n) is 7.81. The van der Waals surface area contributed by atoms with Gasteiger partial charge >= 0.3 is 0 Å². The summed E-state index contributed by atoms with van der Waals surface area (Å²) < 4.78 is 0. The van der Waals surface area contributed by atoms with Gasteiger partial charge in [-0.2, -0.15) is 0 Å². The average molecular weight is 286 g/mol. The maximum atomic E-state index is 2.27. The number of hydrogen-bond acceptors (Lipinski definition) is 0. The van der Waals surface area contributed by atoms with Crippen molar-refractivity contribution in [2.45, 2.75) is 26.2 Å². The van der Waals surface area contributed by atoms with E-state index in [0.29, 0.717) is 0 Å². The quantitative estimate of drug-likeness (QED) is 0.517. The van der Waals surface area contributed by atoms with E-state index in [1.165, 1.54) is 27.8 Å². The number of hydrogen-bond donors (Lipinski definition) is 0. The lowest BCUT2D eigenvalue weighted by atomic mass is 9.82. The first kappa shape index (κ1) is 14.6. The van der Waals surface area contributed by atoms with Crippen LogP contribution in [0, 0.1) is 0 Å². The van der Waals surface area contributed by atoms with Crippen molar-refractivity contribution in [3.63, 3.8) is 0 Å². The molecule has 0 heterocycles. The lowest BCUT2D eigenvalue weighted by Crippen LogP contribution is -2.12. The molecule has 0 heteroatoms. The van der Waals surface area contributed by atoms with Gasteiger partial charge in [0.1, 0.15) is 0 Å². The Morgan fingerprint density at radius 1 is 0.500 bits per heavy atom. The summed E-state index contributed by atoms with van der Waals surface area (Å²) in [6, 6.07) is 28.1. The molecule has 0 aliphatic rings. The van der Waals surface area contributed by atoms with Crippen LogP contribution in [0.3, 0.4) is 0 Å². The summed E-state index contributed by atoms with van der Waals surface area (Å²) in [7, 11) is 0. The topological polar surface area (TPSA) is 0 Å². The Bertz CT molecular complexity index is 744. The van der Waals surface area contributed by atoms with E-state index in [2.05, 4.69) is 99.6 Å². The van der Waals surface area contributed by atoms with Gasteiger partial charge in [0, 0.05) is 0 Å². The van der Waals surface area contributed by atoms with Gasteiger partial charge in [-0.05, 0) is 33.2 Å². The number of benzene rings is 3. The lowest BCUT2D eigenvalue weighted by Gasteiger charge is -2.23. The molecule has 0 saturated carbocycles. The van der Waals surface area contributed by atoms with Crippen LogP contribution in [0.2, 0.25) is 0 Å². The van der Waals surface area contributed by atoms with Gasteiger partial charge in [0.05, 0.1) is 0 Å². The molecule has 0 radical (unpaired) electrons. The van der Waals surface area contributed by atoms with Crippen LogP contribution in [0.25, 0.3) is 22.3 Å². The molecule has 0 saturated heterocycles. The molecule has 3 aromatic carbocycles. The molecule has 0 spiro atoms. The fourth-order valence-corrected chi connectivity index (χ4v) is 2.86. The van der Waals surface area contributed by atoms with Gasteiger partial charge in [0.15, 0.2) is 0 Å². The van der Waals surface area contributed by atoms with Crippen molar-refractivity contribution in [1.29, 1.82) is 0 Å². The predicted molar refractivity (Wildman–Crippen MR) is 96.0 cm³/mol. The van der Waals surface area contributed by atoms with Gasteiger partial charge in [0.2, 0.25) is 0 Å². The molecule has 3 aromatic rings. The first-order valence-corrected chi connectivity index (χ1v) is 7.81. The molecule has 0 aliphatic carbocycles. The van der Waals surface area contributed by atoms with Crippen LogP contribution in [0.4, 0.5) is 0 Å². The molecule has 0 aliphatic heterocycles. The van der Waals surface area contributed by atoms with Crippen molar-refractivity contribution >= 4 is 0 Å². The Kier molecular flexibility index (Phi) is 3.85. The summed E-state index contributed by atoms with van der Waals surface area (Å²) in [5.74, 6) is 0. The molecular formula is C22H22. The van der Waals surface area contributed by atoms with E-state index in [0.717, 1.165) is 0 Å². The van der Waals surface area contributed by atoms with Crippen LogP contribution in [0.1, 0.15) is 26.3 Å². The zero-order chi connectivity index (χ0) is 15.6. The summed E-state index contributed by atoms with van der Waals surface area (Å²) in [6.07, 6.45) is 0. The van der Waals surface area contributed by atoms with Gasteiger partial charge in [-0.3, -0.25) is 0 Å². The third kappa shape index (κ3) is 2.96. The Morgan fingerprint density at radius 2 is 1.00 bits per heavy atom. The van der Waals surface area contributed by atoms with Crippen molar-refractivity contribution in [3.8, 4) is 22.3 Å². The van der Waals surface area contributed by atoms with Gasteiger partial charge in [-0.25, -0.2) is 0 Å². The fraction of sp³-hybridized carbons (Fsp3) is 0.182. The highest BCUT2D eigenvalue weighted by atomic mass is 14.2. The number of rotatable bonds is 2. The molecule has 3 rings (SSSR count). The van der Waals surface area contributed by atoms with Crippen LogP contribution in [-0.2, 0) is 5.41 Å². The normalized spacial score (nSPS) is 11.4. The van der Waals surface area contributed by atoms with E-state index in [4.69, 9.17) is 0 Å². The Labute approximate surface area is 133 Å². The third-order valence-corrected chi connectivity index (χ3v) is 4.04. The molecule has 0 bridgehead atoms. The third-order valence-electron chi connectivity index (χ3n) is 4.04. The predicted octanol–water partition coefficient (Wildman–Crippen LogP) is 6.32. The van der Waals surface area contributed by atoms with E-state index in [9.17, 15) is 0 Å². The molecule has 0 fully saturated rings. The van der Waals surface area contributed by atoms with Gasteiger partial charge in [-0.15, -0.1) is 0 Å². The summed E-state index contributed by atoms with van der Waals surface area (Å²) in [6.45, 7) is 6.80. The summed E-state index contributed by atoms with van der Waals surface area (Å²) in [5.41, 5.74) is 6.67. The van der Waals surface area contributed by atoms with Crippen molar-refractivity contribution < 1.29 is 0 Å². The highest BCUT2D eigenvalue weighted by Crippen LogP contribution is 2.33. The highest BCUT2D eigenvalue weighted by molar-refractivity contribution is 5.73. The van der Waals surface area contributed by atoms with Gasteiger partial charge < -0.3 is 0 Å². The second kappa shape index (κ2) is 5.81. The molecule has 0 amide bonds. The minimum Gasteiger partial charge on any atom is -0.0622 e. The van der Waals surface area contributed by atoms with Crippen LogP contribution in [0.15, 0.2) is 78.9 Å². The van der Waals surface area contributed by atoms with Gasteiger partial charge in [-0.1, -0.05) is 99.6 Å². The van der Waals surface area contributed by atoms with E-state index in [-0.39, 0.29) is 5.41 Å². The Balaban J connectivity index is 2.01. The smallest absolute Gasteiger partial charge is 0.0126 e. The molecule has 110 valence electrons. The van der Waals surface area contributed by atoms with E-state index >= 15 is 0 Å². The molecule has 0 unspecified atom stereocenters. The van der Waals surface area contributed by atoms with Crippen molar-refractivity contribution in [3.05, 3.63) is 84.4 Å². The van der Waals surface area contributed by atoms with E-state index in [1.54, 1.807) is 0 Å². The van der Waals surface area contributed by atoms with Gasteiger partial charge in [0.25, 0.3) is 0 Å². The zero-order valence-corrected chi connectivity index (χ0v) is 13.5. The Hall–Kier alpha value is -2.34. The van der Waals surface area contributed by atoms with Crippen molar-refractivity contribution in [2.24, 2.45) is 0 Å². The molecule has 22 heavy (non-hydrogen) atoms. The molecule has 0 nitrogen and oxygen atoms in total. The fourth-order valence-electron chi connectivity index (χ4n) is 2.86. The lowest BCUT2D eigenvalue weighted by molar-refractivity contribution is 0.592. The van der Waals surface area contributed by atoms with Crippen molar-refractivity contribution in [1.82, 2.24) is 0 Å². The van der Waals surface area contributed by atoms with Crippen LogP contribution in [-0.4, -0.2) is 0 Å². The second-order valence-corrected chi connectivity index (χ2v) is 6.74. The maximum Gasteiger partial charge on any atom is -0.0126 e. The summed E-state index contributed by atoms with van der Waals surface area (Å²) in [5, 5.41) is 0. The van der Waals surface area contributed by atoms with Crippen LogP contribution >= 0.6 is 0 Å². The minimum atomic E-state index is 0.148. The summed E-state index contributed by atoms with van der Waals surface area (Å²) in [4.78, 5) is 0. The molecule has 0 N–H and O–H groups in total. The molecule has 0 atom stereocenters. The largest absolute Gasteiger partial charge is 0.0622 e.